The summed E-state index contributed by atoms with van der Waals surface area (Å²) in [4.78, 5) is 0. The lowest BCUT2D eigenvalue weighted by molar-refractivity contribution is 0.166. The molecule has 0 aromatic heterocycles. The molecule has 0 aliphatic rings. The van der Waals surface area contributed by atoms with E-state index in [4.69, 9.17) is 13.9 Å². The number of hydrogen-bond donors (Lipinski definition) is 0. The Balaban J connectivity index is 2.63. The summed E-state index contributed by atoms with van der Waals surface area (Å²) in [6.07, 6.45) is 3.72. The van der Waals surface area contributed by atoms with Crippen LogP contribution in [0, 0.1) is 0 Å². The number of rotatable bonds is 8. The Morgan fingerprint density at radius 3 is 2.42 bits per heavy atom. The average molecular weight is 280 g/mol. The molecule has 4 heteroatoms. The first-order chi connectivity index (χ1) is 9.01. The van der Waals surface area contributed by atoms with Crippen molar-refractivity contribution in [1.29, 1.82) is 0 Å². The fraction of sp³-hybridized carbons (Fsp3) is 0.467. The molecule has 3 nitrogen and oxygen atoms in total. The first kappa shape index (κ1) is 15.6. The van der Waals surface area contributed by atoms with E-state index in [1.165, 1.54) is 0 Å². The van der Waals surface area contributed by atoms with Crippen molar-refractivity contribution in [2.75, 3.05) is 6.61 Å². The molecule has 0 fully saturated rings. The van der Waals surface area contributed by atoms with Crippen molar-refractivity contribution >= 4 is 8.32 Å². The highest BCUT2D eigenvalue weighted by Gasteiger charge is 2.19. The third kappa shape index (κ3) is 7.57. The first-order valence-corrected chi connectivity index (χ1v) is 10.2. The molecule has 0 heterocycles. The van der Waals surface area contributed by atoms with Crippen LogP contribution in [-0.2, 0) is 9.16 Å². The molecule has 0 aliphatic heterocycles. The van der Waals surface area contributed by atoms with Crippen molar-refractivity contribution in [3.05, 3.63) is 42.5 Å². The SMILES string of the molecule is CCCCO/C=C(/Oc1ccccc1)O[Si](C)(C)C. The second-order valence-corrected chi connectivity index (χ2v) is 9.72. The van der Waals surface area contributed by atoms with Crippen LogP contribution < -0.4 is 4.74 Å². The lowest BCUT2D eigenvalue weighted by atomic mass is 10.3. The summed E-state index contributed by atoms with van der Waals surface area (Å²) in [5, 5.41) is 0. The summed E-state index contributed by atoms with van der Waals surface area (Å²) in [6, 6.07) is 9.60. The van der Waals surface area contributed by atoms with Crippen LogP contribution in [-0.4, -0.2) is 14.9 Å². The molecule has 0 N–H and O–H groups in total. The van der Waals surface area contributed by atoms with Gasteiger partial charge >= 0.3 is 5.95 Å². The summed E-state index contributed by atoms with van der Waals surface area (Å²) in [5.74, 6) is 1.20. The van der Waals surface area contributed by atoms with Gasteiger partial charge in [0.1, 0.15) is 5.75 Å². The van der Waals surface area contributed by atoms with Gasteiger partial charge < -0.3 is 13.9 Å². The Hall–Kier alpha value is -1.42. The number of unbranched alkanes of at least 4 members (excludes halogenated alkanes) is 1. The summed E-state index contributed by atoms with van der Waals surface area (Å²) in [6.45, 7) is 9.16. The van der Waals surface area contributed by atoms with E-state index in [-0.39, 0.29) is 0 Å². The summed E-state index contributed by atoms with van der Waals surface area (Å²) < 4.78 is 17.1. The zero-order chi connectivity index (χ0) is 14.1. The predicted octanol–water partition coefficient (Wildman–Crippen LogP) is 4.53. The van der Waals surface area contributed by atoms with Crippen molar-refractivity contribution in [1.82, 2.24) is 0 Å². The van der Waals surface area contributed by atoms with Gasteiger partial charge in [0.25, 0.3) is 0 Å². The van der Waals surface area contributed by atoms with Gasteiger partial charge in [0, 0.05) is 0 Å². The zero-order valence-electron chi connectivity index (χ0n) is 12.3. The minimum atomic E-state index is -1.72. The molecule has 0 saturated heterocycles. The van der Waals surface area contributed by atoms with E-state index in [1.54, 1.807) is 6.26 Å². The Bertz CT molecular complexity index is 382. The molecule has 0 radical (unpaired) electrons. The Labute approximate surface area is 117 Å². The maximum absolute atomic E-state index is 5.87. The number of hydrogen-bond acceptors (Lipinski definition) is 3. The quantitative estimate of drug-likeness (QED) is 0.398. The highest BCUT2D eigenvalue weighted by molar-refractivity contribution is 6.70. The smallest absolute Gasteiger partial charge is 0.307 e. The topological polar surface area (TPSA) is 27.7 Å². The zero-order valence-corrected chi connectivity index (χ0v) is 13.3. The van der Waals surface area contributed by atoms with Crippen LogP contribution in [0.25, 0.3) is 0 Å². The summed E-state index contributed by atoms with van der Waals surface area (Å²) >= 11 is 0. The third-order valence-electron chi connectivity index (χ3n) is 2.16. The van der Waals surface area contributed by atoms with E-state index >= 15 is 0 Å². The van der Waals surface area contributed by atoms with E-state index in [0.29, 0.717) is 12.6 Å². The highest BCUT2D eigenvalue weighted by Crippen LogP contribution is 2.17. The molecule has 1 aromatic carbocycles. The van der Waals surface area contributed by atoms with Crippen LogP contribution in [0.2, 0.25) is 19.6 Å². The van der Waals surface area contributed by atoms with Crippen LogP contribution in [0.1, 0.15) is 19.8 Å². The monoisotopic (exact) mass is 280 g/mol. The van der Waals surface area contributed by atoms with Gasteiger partial charge in [-0.1, -0.05) is 31.5 Å². The molecule has 19 heavy (non-hydrogen) atoms. The maximum Gasteiger partial charge on any atom is 0.307 e. The van der Waals surface area contributed by atoms with Gasteiger partial charge in [0.05, 0.1) is 6.61 Å². The van der Waals surface area contributed by atoms with Gasteiger partial charge in [-0.05, 0) is 38.2 Å². The molecule has 0 saturated carbocycles. The van der Waals surface area contributed by atoms with Crippen molar-refractivity contribution < 1.29 is 13.9 Å². The molecular formula is C15H24O3Si. The van der Waals surface area contributed by atoms with Crippen LogP contribution in [0.5, 0.6) is 5.75 Å². The Kier molecular flexibility index (Phi) is 6.49. The predicted molar refractivity (Wildman–Crippen MR) is 80.4 cm³/mol. The number of para-hydroxylation sites is 1. The lowest BCUT2D eigenvalue weighted by Crippen LogP contribution is -2.26. The van der Waals surface area contributed by atoms with Gasteiger partial charge in [0.2, 0.25) is 8.32 Å². The maximum atomic E-state index is 5.87. The van der Waals surface area contributed by atoms with E-state index in [0.717, 1.165) is 18.6 Å². The average Bonchev–Trinajstić information content (AvgIpc) is 2.34. The summed E-state index contributed by atoms with van der Waals surface area (Å²) in [5.41, 5.74) is 0. The molecule has 0 spiro atoms. The van der Waals surface area contributed by atoms with E-state index in [9.17, 15) is 0 Å². The molecule has 106 valence electrons. The molecule has 0 unspecified atom stereocenters. The fourth-order valence-electron chi connectivity index (χ4n) is 1.33. The normalized spacial score (nSPS) is 12.1. The van der Waals surface area contributed by atoms with Gasteiger partial charge in [-0.25, -0.2) is 0 Å². The van der Waals surface area contributed by atoms with Crippen LogP contribution in [0.4, 0.5) is 0 Å². The van der Waals surface area contributed by atoms with Crippen molar-refractivity contribution in [2.45, 2.75) is 39.4 Å². The third-order valence-corrected chi connectivity index (χ3v) is 2.98. The minimum Gasteiger partial charge on any atom is -0.517 e. The van der Waals surface area contributed by atoms with Gasteiger partial charge in [-0.3, -0.25) is 0 Å². The van der Waals surface area contributed by atoms with Gasteiger partial charge in [0.15, 0.2) is 6.26 Å². The summed E-state index contributed by atoms with van der Waals surface area (Å²) in [7, 11) is -1.72. The Morgan fingerprint density at radius 2 is 1.84 bits per heavy atom. The molecule has 0 amide bonds. The van der Waals surface area contributed by atoms with Crippen LogP contribution >= 0.6 is 0 Å². The molecule has 0 aliphatic carbocycles. The Morgan fingerprint density at radius 1 is 1.16 bits per heavy atom. The van der Waals surface area contributed by atoms with Gasteiger partial charge in [-0.15, -0.1) is 0 Å². The standard InChI is InChI=1S/C15H24O3Si/c1-5-6-12-16-13-15(18-19(2,3)4)17-14-10-8-7-9-11-14/h7-11,13H,5-6,12H2,1-4H3/b15-13-. The number of ether oxygens (including phenoxy) is 2. The molecule has 0 bridgehead atoms. The van der Waals surface area contributed by atoms with Gasteiger partial charge in [-0.2, -0.15) is 0 Å². The van der Waals surface area contributed by atoms with Crippen molar-refractivity contribution in [3.8, 4) is 5.75 Å². The second-order valence-electron chi connectivity index (χ2n) is 5.29. The molecule has 1 aromatic rings. The first-order valence-electron chi connectivity index (χ1n) is 6.75. The largest absolute Gasteiger partial charge is 0.517 e. The van der Waals surface area contributed by atoms with Crippen molar-refractivity contribution in [3.63, 3.8) is 0 Å². The highest BCUT2D eigenvalue weighted by atomic mass is 28.4. The van der Waals surface area contributed by atoms with E-state index < -0.39 is 8.32 Å². The van der Waals surface area contributed by atoms with Crippen LogP contribution in [0.15, 0.2) is 42.5 Å². The minimum absolute atomic E-state index is 0.446. The number of benzene rings is 1. The van der Waals surface area contributed by atoms with E-state index in [1.807, 2.05) is 30.3 Å². The van der Waals surface area contributed by atoms with Crippen LogP contribution in [0.3, 0.4) is 0 Å². The van der Waals surface area contributed by atoms with E-state index in [2.05, 4.69) is 26.6 Å². The van der Waals surface area contributed by atoms with Crippen molar-refractivity contribution in [2.24, 2.45) is 0 Å². The fourth-order valence-corrected chi connectivity index (χ4v) is 2.02. The molecule has 1 rings (SSSR count). The second kappa shape index (κ2) is 7.89. The molecule has 0 atom stereocenters. The lowest BCUT2D eigenvalue weighted by Gasteiger charge is -2.21. The molecular weight excluding hydrogens is 256 g/mol.